The van der Waals surface area contributed by atoms with Gasteiger partial charge in [0.2, 0.25) is 11.8 Å². The second kappa shape index (κ2) is 10.5. The summed E-state index contributed by atoms with van der Waals surface area (Å²) in [4.78, 5) is 23.2. The molecule has 0 spiro atoms. The summed E-state index contributed by atoms with van der Waals surface area (Å²) in [5.74, 6) is 1.09. The molecule has 2 amide bonds. The summed E-state index contributed by atoms with van der Waals surface area (Å²) < 4.78 is 11.5. The molecule has 1 N–H and O–H groups in total. The van der Waals surface area contributed by atoms with Crippen molar-refractivity contribution >= 4 is 40.3 Å². The number of carbonyl (C=O) groups is 2. The van der Waals surface area contributed by atoms with Crippen molar-refractivity contribution in [3.63, 3.8) is 0 Å². The molecule has 0 aromatic heterocycles. The van der Waals surface area contributed by atoms with Crippen LogP contribution in [0.1, 0.15) is 36.8 Å². The van der Waals surface area contributed by atoms with Gasteiger partial charge < -0.3 is 14.8 Å². The standard InChI is InChI=1S/C22H24ClN3O4S/c1-14-13-19(9-10-20(14)23)30-12-4-11-29-18-7-5-17(6-8-18)21-26(16(3)28)25-22(31-21)24-15(2)27/h5-10,13,21H,4,11-12H2,1-3H3,(H,24,25,27). The van der Waals surface area contributed by atoms with E-state index in [1.807, 2.05) is 49.4 Å². The monoisotopic (exact) mass is 461 g/mol. The lowest BCUT2D eigenvalue weighted by Gasteiger charge is -2.19. The number of nitrogens with one attached hydrogen (secondary N) is 1. The van der Waals surface area contributed by atoms with Gasteiger partial charge in [0, 0.05) is 25.3 Å². The average molecular weight is 462 g/mol. The molecule has 2 aromatic carbocycles. The second-order valence-corrected chi connectivity index (χ2v) is 8.43. The van der Waals surface area contributed by atoms with Crippen molar-refractivity contribution in [3.05, 3.63) is 58.6 Å². The second-order valence-electron chi connectivity index (χ2n) is 6.95. The Hall–Kier alpha value is -2.71. The van der Waals surface area contributed by atoms with Gasteiger partial charge in [-0.25, -0.2) is 5.01 Å². The smallest absolute Gasteiger partial charge is 0.241 e. The van der Waals surface area contributed by atoms with E-state index in [0.29, 0.717) is 18.4 Å². The third-order valence-corrected chi connectivity index (χ3v) is 5.90. The third-order valence-electron chi connectivity index (χ3n) is 4.37. The summed E-state index contributed by atoms with van der Waals surface area (Å²) in [6.45, 7) is 5.84. The minimum atomic E-state index is -0.329. The van der Waals surface area contributed by atoms with E-state index in [2.05, 4.69) is 10.4 Å². The van der Waals surface area contributed by atoms with Gasteiger partial charge in [-0.3, -0.25) is 9.59 Å². The first-order valence-corrected chi connectivity index (χ1v) is 11.0. The molecule has 1 unspecified atom stereocenters. The van der Waals surface area contributed by atoms with E-state index in [4.69, 9.17) is 21.1 Å². The van der Waals surface area contributed by atoms with Crippen LogP contribution in [0.25, 0.3) is 0 Å². The summed E-state index contributed by atoms with van der Waals surface area (Å²) in [7, 11) is 0. The van der Waals surface area contributed by atoms with Crippen LogP contribution in [0.4, 0.5) is 0 Å². The van der Waals surface area contributed by atoms with E-state index in [0.717, 1.165) is 34.1 Å². The summed E-state index contributed by atoms with van der Waals surface area (Å²) in [6.07, 6.45) is 0.730. The zero-order chi connectivity index (χ0) is 22.4. The first kappa shape index (κ1) is 23.0. The normalized spacial score (nSPS) is 15.4. The van der Waals surface area contributed by atoms with E-state index >= 15 is 0 Å². The molecule has 0 aliphatic carbocycles. The third kappa shape index (κ3) is 6.38. The van der Waals surface area contributed by atoms with Crippen molar-refractivity contribution in [2.24, 2.45) is 5.10 Å². The fraction of sp³-hybridized carbons (Fsp3) is 0.318. The molecule has 0 saturated heterocycles. The minimum absolute atomic E-state index is 0.200. The molecule has 31 heavy (non-hydrogen) atoms. The molecule has 1 atom stereocenters. The van der Waals surface area contributed by atoms with Gasteiger partial charge >= 0.3 is 0 Å². The van der Waals surface area contributed by atoms with Crippen LogP contribution in [0.2, 0.25) is 5.02 Å². The van der Waals surface area contributed by atoms with Crippen LogP contribution < -0.4 is 14.8 Å². The Balaban J connectivity index is 1.48. The highest BCUT2D eigenvalue weighted by Crippen LogP contribution is 2.39. The molecule has 1 aliphatic rings. The highest BCUT2D eigenvalue weighted by atomic mass is 35.5. The van der Waals surface area contributed by atoms with E-state index in [-0.39, 0.29) is 17.2 Å². The Kier molecular flexibility index (Phi) is 7.81. The maximum atomic E-state index is 11.9. The predicted molar refractivity (Wildman–Crippen MR) is 122 cm³/mol. The molecule has 0 fully saturated rings. The number of thioether (sulfide) groups is 1. The van der Waals surface area contributed by atoms with E-state index in [9.17, 15) is 9.59 Å². The number of aryl methyl sites for hydroxylation is 1. The van der Waals surface area contributed by atoms with Crippen molar-refractivity contribution < 1.29 is 19.1 Å². The van der Waals surface area contributed by atoms with Crippen LogP contribution in [-0.4, -0.2) is 35.2 Å². The van der Waals surface area contributed by atoms with Gasteiger partial charge in [0.1, 0.15) is 16.9 Å². The van der Waals surface area contributed by atoms with Crippen LogP contribution in [0.15, 0.2) is 47.6 Å². The summed E-state index contributed by atoms with van der Waals surface area (Å²) in [6, 6.07) is 13.1. The first-order chi connectivity index (χ1) is 14.8. The molecular formula is C22H24ClN3O4S. The Bertz CT molecular complexity index is 981. The van der Waals surface area contributed by atoms with Crippen LogP contribution in [0.5, 0.6) is 11.5 Å². The maximum Gasteiger partial charge on any atom is 0.241 e. The van der Waals surface area contributed by atoms with Gasteiger partial charge in [-0.1, -0.05) is 35.5 Å². The van der Waals surface area contributed by atoms with Gasteiger partial charge in [0.05, 0.1) is 13.2 Å². The molecule has 0 bridgehead atoms. The summed E-state index contributed by atoms with van der Waals surface area (Å²) in [5.41, 5.74) is 1.87. The van der Waals surface area contributed by atoms with E-state index in [1.54, 1.807) is 0 Å². The molecule has 1 aliphatic heterocycles. The number of halogens is 1. The first-order valence-electron chi connectivity index (χ1n) is 9.78. The van der Waals surface area contributed by atoms with Gasteiger partial charge in [0.25, 0.3) is 0 Å². The van der Waals surface area contributed by atoms with Gasteiger partial charge in [-0.15, -0.1) is 5.10 Å². The van der Waals surface area contributed by atoms with Crippen molar-refractivity contribution in [2.75, 3.05) is 13.2 Å². The van der Waals surface area contributed by atoms with Crippen LogP contribution >= 0.6 is 23.4 Å². The fourth-order valence-electron chi connectivity index (χ4n) is 2.85. The van der Waals surface area contributed by atoms with Gasteiger partial charge in [0.15, 0.2) is 5.17 Å². The highest BCUT2D eigenvalue weighted by Gasteiger charge is 2.32. The largest absolute Gasteiger partial charge is 0.493 e. The van der Waals surface area contributed by atoms with Crippen LogP contribution in [0, 0.1) is 6.92 Å². The molecular weight excluding hydrogens is 438 g/mol. The fourth-order valence-corrected chi connectivity index (χ4v) is 4.11. The van der Waals surface area contributed by atoms with Crippen molar-refractivity contribution in [2.45, 2.75) is 32.6 Å². The van der Waals surface area contributed by atoms with Crippen molar-refractivity contribution in [1.29, 1.82) is 0 Å². The van der Waals surface area contributed by atoms with Crippen molar-refractivity contribution in [1.82, 2.24) is 10.3 Å². The number of hydrazone groups is 1. The Morgan fingerprint density at radius 3 is 2.35 bits per heavy atom. The lowest BCUT2D eigenvalue weighted by atomic mass is 10.2. The topological polar surface area (TPSA) is 80.2 Å². The molecule has 0 radical (unpaired) electrons. The predicted octanol–water partition coefficient (Wildman–Crippen LogP) is 4.50. The lowest BCUT2D eigenvalue weighted by Crippen LogP contribution is -2.25. The summed E-state index contributed by atoms with van der Waals surface area (Å²) in [5, 5.41) is 8.99. The molecule has 164 valence electrons. The number of nitrogens with zero attached hydrogens (tertiary/aromatic N) is 2. The summed E-state index contributed by atoms with van der Waals surface area (Å²) >= 11 is 7.33. The highest BCUT2D eigenvalue weighted by molar-refractivity contribution is 8.14. The molecule has 9 heteroatoms. The molecule has 1 heterocycles. The molecule has 3 rings (SSSR count). The zero-order valence-corrected chi connectivity index (χ0v) is 19.1. The minimum Gasteiger partial charge on any atom is -0.493 e. The Morgan fingerprint density at radius 2 is 1.74 bits per heavy atom. The number of rotatable bonds is 7. The SMILES string of the molecule is CC(=O)NC1=NN(C(C)=O)C(c2ccc(OCCCOc3ccc(Cl)c(C)c3)cc2)S1. The van der Waals surface area contributed by atoms with Gasteiger partial charge in [-0.2, -0.15) is 0 Å². The molecule has 7 nitrogen and oxygen atoms in total. The van der Waals surface area contributed by atoms with Crippen LogP contribution in [-0.2, 0) is 9.59 Å². The number of amides is 2. The number of hydrogen-bond acceptors (Lipinski definition) is 6. The van der Waals surface area contributed by atoms with Crippen LogP contribution in [0.3, 0.4) is 0 Å². The lowest BCUT2D eigenvalue weighted by molar-refractivity contribution is -0.129. The maximum absolute atomic E-state index is 11.9. The number of carbonyl (C=O) groups excluding carboxylic acids is 2. The molecule has 2 aromatic rings. The number of hydrogen-bond donors (Lipinski definition) is 1. The average Bonchev–Trinajstić information content (AvgIpc) is 3.14. The zero-order valence-electron chi connectivity index (χ0n) is 17.6. The number of amidine groups is 1. The Morgan fingerprint density at radius 1 is 1.10 bits per heavy atom. The quantitative estimate of drug-likeness (QED) is 0.614. The molecule has 0 saturated carbocycles. The van der Waals surface area contributed by atoms with E-state index < -0.39 is 0 Å². The Labute approximate surface area is 190 Å². The van der Waals surface area contributed by atoms with E-state index in [1.165, 1.54) is 30.6 Å². The number of ether oxygens (including phenoxy) is 2. The number of benzene rings is 2. The van der Waals surface area contributed by atoms with Gasteiger partial charge in [-0.05, 0) is 48.4 Å². The van der Waals surface area contributed by atoms with Crippen molar-refractivity contribution in [3.8, 4) is 11.5 Å².